The number of rotatable bonds is 9. The smallest absolute Gasteiger partial charge is 0.386 e. The minimum Gasteiger partial charge on any atom is -0.388 e. The maximum Gasteiger partial charge on any atom is 0.386 e. The highest BCUT2D eigenvalue weighted by Crippen LogP contribution is 2.31. The standard InChI is InChI=1S/C18H33ClN2O5S.C14H10O4/c1-5-6-10-7-11(21(3)8-10)17(25)20-12(9(2)19)16-14(23)13(22)15(24)18(26-16)27-4;15-13(11-7-3-1-4-8-11)17-18-14(16)12-9-5-2-6-10-12/h9-16,18,22-24H,5-8H2,1-4H3,(H,20,25);1-10H. The zero-order chi connectivity index (χ0) is 33.1. The highest BCUT2D eigenvalue weighted by atomic mass is 35.5. The van der Waals surface area contributed by atoms with Crippen LogP contribution in [0.5, 0.6) is 0 Å². The van der Waals surface area contributed by atoms with E-state index in [9.17, 15) is 29.7 Å². The Hall–Kier alpha value is -2.71. The molecule has 2 fully saturated rings. The summed E-state index contributed by atoms with van der Waals surface area (Å²) in [7, 11) is 1.94. The molecule has 0 aromatic heterocycles. The molecular weight excluding hydrogens is 624 g/mol. The van der Waals surface area contributed by atoms with Crippen molar-refractivity contribution in [3.05, 3.63) is 71.8 Å². The molecular formula is C32H43ClN2O9S. The number of likely N-dealkylation sites (tertiary alicyclic amines) is 1. The van der Waals surface area contributed by atoms with Gasteiger partial charge < -0.3 is 25.4 Å². The molecule has 2 aliphatic heterocycles. The van der Waals surface area contributed by atoms with Crippen LogP contribution < -0.4 is 5.32 Å². The number of likely N-dealkylation sites (N-methyl/N-ethyl adjacent to an activating group) is 1. The third-order valence-corrected chi connectivity index (χ3v) is 8.97. The first-order chi connectivity index (χ1) is 21.5. The molecule has 0 spiro atoms. The Morgan fingerprint density at radius 1 is 0.978 bits per heavy atom. The molecule has 2 aliphatic rings. The van der Waals surface area contributed by atoms with Crippen molar-refractivity contribution in [2.45, 2.75) is 80.4 Å². The topological polar surface area (TPSA) is 155 Å². The van der Waals surface area contributed by atoms with E-state index < -0.39 is 53.2 Å². The van der Waals surface area contributed by atoms with E-state index in [0.717, 1.165) is 25.8 Å². The number of aliphatic hydroxyl groups is 3. The summed E-state index contributed by atoms with van der Waals surface area (Å²) in [5, 5.41) is 33.0. The first-order valence-electron chi connectivity index (χ1n) is 14.9. The molecule has 0 aliphatic carbocycles. The number of aliphatic hydroxyl groups excluding tert-OH is 3. The normalized spacial score (nSPS) is 27.8. The number of alkyl halides is 1. The van der Waals surface area contributed by atoms with Gasteiger partial charge in [0.05, 0.1) is 28.6 Å². The van der Waals surface area contributed by atoms with E-state index in [1.165, 1.54) is 11.8 Å². The Kier molecular flexibility index (Phi) is 14.6. The maximum absolute atomic E-state index is 12.9. The second-order valence-electron chi connectivity index (χ2n) is 11.2. The van der Waals surface area contributed by atoms with Crippen LogP contribution in [0.15, 0.2) is 60.7 Å². The highest BCUT2D eigenvalue weighted by Gasteiger charge is 2.48. The van der Waals surface area contributed by atoms with Gasteiger partial charge >= 0.3 is 11.9 Å². The zero-order valence-corrected chi connectivity index (χ0v) is 27.4. The fraction of sp³-hybridized carbons (Fsp3) is 0.531. The number of amides is 1. The van der Waals surface area contributed by atoms with Gasteiger partial charge in [-0.15, -0.1) is 23.4 Å². The summed E-state index contributed by atoms with van der Waals surface area (Å²) >= 11 is 7.55. The van der Waals surface area contributed by atoms with E-state index in [-0.39, 0.29) is 11.9 Å². The van der Waals surface area contributed by atoms with E-state index in [1.54, 1.807) is 73.8 Å². The molecule has 45 heavy (non-hydrogen) atoms. The SMILES string of the molecule is CCCC1CC(C(=O)NC(C(C)Cl)C2OC(SC)C(O)C(O)C2O)N(C)C1.O=C(OOC(=O)c1ccccc1)c1ccccc1. The fourth-order valence-electron chi connectivity index (χ4n) is 5.43. The predicted octanol–water partition coefficient (Wildman–Crippen LogP) is 3.00. The molecule has 4 N–H and O–H groups in total. The first-order valence-corrected chi connectivity index (χ1v) is 16.6. The van der Waals surface area contributed by atoms with Crippen LogP contribution in [-0.2, 0) is 19.3 Å². The van der Waals surface area contributed by atoms with Gasteiger partial charge in [-0.2, -0.15) is 0 Å². The third-order valence-electron chi connectivity index (χ3n) is 7.84. The van der Waals surface area contributed by atoms with Crippen LogP contribution >= 0.6 is 23.4 Å². The van der Waals surface area contributed by atoms with Crippen molar-refractivity contribution >= 4 is 41.2 Å². The van der Waals surface area contributed by atoms with Gasteiger partial charge in [0.15, 0.2) is 0 Å². The number of benzene rings is 2. The van der Waals surface area contributed by atoms with Crippen molar-refractivity contribution in [1.82, 2.24) is 10.2 Å². The van der Waals surface area contributed by atoms with Crippen molar-refractivity contribution in [2.24, 2.45) is 5.92 Å². The second-order valence-corrected chi connectivity index (χ2v) is 12.8. The summed E-state index contributed by atoms with van der Waals surface area (Å²) in [5.74, 6) is -1.07. The van der Waals surface area contributed by atoms with Crippen molar-refractivity contribution in [3.8, 4) is 0 Å². The molecule has 2 heterocycles. The van der Waals surface area contributed by atoms with Crippen molar-refractivity contribution in [2.75, 3.05) is 19.8 Å². The average Bonchev–Trinajstić information content (AvgIpc) is 3.42. The summed E-state index contributed by atoms with van der Waals surface area (Å²) in [5.41, 5.74) is -0.0666. The summed E-state index contributed by atoms with van der Waals surface area (Å²) < 4.78 is 5.79. The predicted molar refractivity (Wildman–Crippen MR) is 171 cm³/mol. The monoisotopic (exact) mass is 666 g/mol. The Morgan fingerprint density at radius 2 is 1.51 bits per heavy atom. The van der Waals surface area contributed by atoms with Crippen LogP contribution in [0, 0.1) is 5.92 Å². The number of hydrogen-bond acceptors (Lipinski definition) is 11. The van der Waals surface area contributed by atoms with E-state index in [4.69, 9.17) is 16.3 Å². The number of thioether (sulfide) groups is 1. The van der Waals surface area contributed by atoms with Gasteiger partial charge in [0.2, 0.25) is 5.91 Å². The van der Waals surface area contributed by atoms with Crippen LogP contribution in [0.3, 0.4) is 0 Å². The van der Waals surface area contributed by atoms with Crippen LogP contribution in [0.1, 0.15) is 53.8 Å². The molecule has 0 bridgehead atoms. The second kappa shape index (κ2) is 17.8. The summed E-state index contributed by atoms with van der Waals surface area (Å²) in [4.78, 5) is 46.8. The number of halogens is 1. The molecule has 9 unspecified atom stereocenters. The lowest BCUT2D eigenvalue weighted by molar-refractivity contribution is -0.205. The summed E-state index contributed by atoms with van der Waals surface area (Å²) in [6.45, 7) is 4.74. The average molecular weight is 667 g/mol. The van der Waals surface area contributed by atoms with E-state index in [2.05, 4.69) is 22.0 Å². The third kappa shape index (κ3) is 10.1. The molecule has 11 nitrogen and oxygen atoms in total. The van der Waals surface area contributed by atoms with Gasteiger partial charge in [0.1, 0.15) is 29.9 Å². The summed E-state index contributed by atoms with van der Waals surface area (Å²) in [6.07, 6.45) is -0.0980. The molecule has 1 amide bonds. The lowest BCUT2D eigenvalue weighted by atomic mass is 9.92. The molecule has 9 atom stereocenters. The molecule has 13 heteroatoms. The van der Waals surface area contributed by atoms with Crippen LogP contribution in [0.4, 0.5) is 0 Å². The largest absolute Gasteiger partial charge is 0.388 e. The number of nitrogens with zero attached hydrogens (tertiary/aromatic N) is 1. The molecule has 2 saturated heterocycles. The molecule has 4 rings (SSSR count). The molecule has 0 saturated carbocycles. The van der Waals surface area contributed by atoms with Gasteiger partial charge in [0.25, 0.3) is 0 Å². The van der Waals surface area contributed by atoms with Gasteiger partial charge in [-0.25, -0.2) is 19.4 Å². The van der Waals surface area contributed by atoms with Crippen LogP contribution in [-0.4, -0.2) is 105 Å². The first kappa shape index (κ1) is 36.8. The number of carbonyl (C=O) groups is 3. The van der Waals surface area contributed by atoms with Crippen LogP contribution in [0.2, 0.25) is 0 Å². The molecule has 2 aromatic carbocycles. The summed E-state index contributed by atoms with van der Waals surface area (Å²) in [6, 6.07) is 15.6. The Balaban J connectivity index is 0.000000265. The van der Waals surface area contributed by atoms with E-state index >= 15 is 0 Å². The number of ether oxygens (including phenoxy) is 1. The Bertz CT molecular complexity index is 1170. The Labute approximate surface area is 273 Å². The van der Waals surface area contributed by atoms with E-state index in [1.807, 2.05) is 11.9 Å². The minimum absolute atomic E-state index is 0.147. The highest BCUT2D eigenvalue weighted by molar-refractivity contribution is 7.99. The zero-order valence-electron chi connectivity index (χ0n) is 25.8. The van der Waals surface area contributed by atoms with Crippen LogP contribution in [0.25, 0.3) is 0 Å². The number of nitrogens with one attached hydrogen (secondary N) is 1. The molecule has 0 radical (unpaired) electrons. The van der Waals surface area contributed by atoms with Gasteiger partial charge in [0, 0.05) is 6.54 Å². The van der Waals surface area contributed by atoms with Crippen molar-refractivity contribution in [1.29, 1.82) is 0 Å². The molecule has 2 aromatic rings. The molecule has 248 valence electrons. The van der Waals surface area contributed by atoms with Crippen molar-refractivity contribution < 1.29 is 44.2 Å². The van der Waals surface area contributed by atoms with Crippen molar-refractivity contribution in [3.63, 3.8) is 0 Å². The number of hydrogen-bond donors (Lipinski definition) is 4. The Morgan fingerprint density at radius 3 is 1.98 bits per heavy atom. The van der Waals surface area contributed by atoms with E-state index in [0.29, 0.717) is 17.0 Å². The number of carbonyl (C=O) groups excluding carboxylic acids is 3. The minimum atomic E-state index is -1.36. The lowest BCUT2D eigenvalue weighted by Gasteiger charge is -2.44. The van der Waals surface area contributed by atoms with Gasteiger partial charge in [-0.3, -0.25) is 9.69 Å². The maximum atomic E-state index is 12.9. The van der Waals surface area contributed by atoms with Gasteiger partial charge in [-0.1, -0.05) is 49.7 Å². The fourth-order valence-corrected chi connectivity index (χ4v) is 6.32. The quantitative estimate of drug-likeness (QED) is 0.177. The lowest BCUT2D eigenvalue weighted by Crippen LogP contribution is -2.65. The van der Waals surface area contributed by atoms with Gasteiger partial charge in [-0.05, 0) is 63.3 Å².